The fourth-order valence-corrected chi connectivity index (χ4v) is 2.25. The fourth-order valence-electron chi connectivity index (χ4n) is 1.84. The predicted octanol–water partition coefficient (Wildman–Crippen LogP) is 4.52. The Morgan fingerprint density at radius 2 is 1.80 bits per heavy atom. The summed E-state index contributed by atoms with van der Waals surface area (Å²) in [6, 6.07) is 14.0. The first-order valence-electron chi connectivity index (χ1n) is 6.56. The molecule has 0 aliphatic rings. The summed E-state index contributed by atoms with van der Waals surface area (Å²) in [5.41, 5.74) is 8.65. The Labute approximate surface area is 124 Å². The van der Waals surface area contributed by atoms with Crippen molar-refractivity contribution in [1.82, 2.24) is 0 Å². The highest BCUT2D eigenvalue weighted by Crippen LogP contribution is 2.32. The summed E-state index contributed by atoms with van der Waals surface area (Å²) >= 11 is 1.72. The van der Waals surface area contributed by atoms with Gasteiger partial charge in [0.15, 0.2) is 0 Å². The van der Waals surface area contributed by atoms with Crippen LogP contribution in [-0.4, -0.2) is 12.4 Å². The van der Waals surface area contributed by atoms with Crippen LogP contribution in [0.1, 0.15) is 13.8 Å². The monoisotopic (exact) mass is 288 g/mol. The minimum atomic E-state index is 0.105. The van der Waals surface area contributed by atoms with E-state index in [0.29, 0.717) is 11.4 Å². The van der Waals surface area contributed by atoms with E-state index in [4.69, 9.17) is 10.5 Å². The van der Waals surface area contributed by atoms with Gasteiger partial charge in [0.1, 0.15) is 5.75 Å². The summed E-state index contributed by atoms with van der Waals surface area (Å²) in [6.45, 7) is 3.97. The van der Waals surface area contributed by atoms with E-state index in [2.05, 4.69) is 23.7 Å². The van der Waals surface area contributed by atoms with Gasteiger partial charge in [-0.1, -0.05) is 6.07 Å². The number of nitrogens with two attached hydrogens (primary N) is 1. The van der Waals surface area contributed by atoms with Crippen molar-refractivity contribution in [3.63, 3.8) is 0 Å². The van der Waals surface area contributed by atoms with Crippen molar-refractivity contribution in [3.8, 4) is 5.75 Å². The molecule has 0 atom stereocenters. The maximum Gasteiger partial charge on any atom is 0.144 e. The van der Waals surface area contributed by atoms with Crippen LogP contribution in [0.15, 0.2) is 47.4 Å². The summed E-state index contributed by atoms with van der Waals surface area (Å²) in [4.78, 5) is 1.24. The first kappa shape index (κ1) is 14.6. The number of thioether (sulfide) groups is 1. The molecule has 20 heavy (non-hydrogen) atoms. The molecular weight excluding hydrogens is 268 g/mol. The zero-order chi connectivity index (χ0) is 14.5. The van der Waals surface area contributed by atoms with Crippen molar-refractivity contribution in [3.05, 3.63) is 42.5 Å². The van der Waals surface area contributed by atoms with E-state index >= 15 is 0 Å². The molecule has 0 spiro atoms. The van der Waals surface area contributed by atoms with Gasteiger partial charge in [0.25, 0.3) is 0 Å². The molecule has 0 unspecified atom stereocenters. The van der Waals surface area contributed by atoms with Gasteiger partial charge in [0, 0.05) is 10.6 Å². The Morgan fingerprint density at radius 1 is 1.10 bits per heavy atom. The quantitative estimate of drug-likeness (QED) is 0.627. The summed E-state index contributed by atoms with van der Waals surface area (Å²) in [6.07, 6.45) is 2.17. The molecule has 0 amide bonds. The van der Waals surface area contributed by atoms with E-state index in [0.717, 1.165) is 11.4 Å². The Kier molecular flexibility index (Phi) is 4.79. The Morgan fingerprint density at radius 3 is 2.40 bits per heavy atom. The standard InChI is InChI=1S/C16H20N2OS/c1-11(2)19-15-6-4-5-14(16(15)17)18-12-7-9-13(20-3)10-8-12/h4-11,18H,17H2,1-3H3. The first-order valence-corrected chi connectivity index (χ1v) is 7.79. The van der Waals surface area contributed by atoms with Gasteiger partial charge >= 0.3 is 0 Å². The van der Waals surface area contributed by atoms with Crippen LogP contribution in [-0.2, 0) is 0 Å². The highest BCUT2D eigenvalue weighted by molar-refractivity contribution is 7.98. The van der Waals surface area contributed by atoms with Crippen LogP contribution < -0.4 is 15.8 Å². The molecule has 0 aromatic heterocycles. The molecule has 0 aliphatic heterocycles. The van der Waals surface area contributed by atoms with Crippen LogP contribution in [0.4, 0.5) is 17.1 Å². The molecule has 0 fully saturated rings. The number of rotatable bonds is 5. The summed E-state index contributed by atoms with van der Waals surface area (Å²) in [5.74, 6) is 0.714. The normalized spacial score (nSPS) is 10.6. The van der Waals surface area contributed by atoms with Gasteiger partial charge in [-0.05, 0) is 56.5 Å². The number of benzene rings is 2. The Hall–Kier alpha value is -1.81. The molecule has 0 aliphatic carbocycles. The third-order valence-corrected chi connectivity index (χ3v) is 3.54. The van der Waals surface area contributed by atoms with Gasteiger partial charge in [-0.2, -0.15) is 0 Å². The Bertz CT molecular complexity index is 567. The molecule has 2 aromatic rings. The average Bonchev–Trinajstić information content (AvgIpc) is 2.43. The zero-order valence-corrected chi connectivity index (χ0v) is 12.8. The summed E-state index contributed by atoms with van der Waals surface area (Å²) < 4.78 is 5.69. The van der Waals surface area contributed by atoms with Gasteiger partial charge < -0.3 is 15.8 Å². The molecule has 106 valence electrons. The molecular formula is C16H20N2OS. The molecule has 0 saturated carbocycles. The lowest BCUT2D eigenvalue weighted by molar-refractivity contribution is 0.244. The van der Waals surface area contributed by atoms with Gasteiger partial charge in [-0.3, -0.25) is 0 Å². The van der Waals surface area contributed by atoms with E-state index in [1.807, 2.05) is 44.2 Å². The second-order valence-corrected chi connectivity index (χ2v) is 5.62. The van der Waals surface area contributed by atoms with E-state index in [1.165, 1.54) is 4.90 Å². The molecule has 4 heteroatoms. The van der Waals surface area contributed by atoms with Crippen LogP contribution in [0.5, 0.6) is 5.75 Å². The first-order chi connectivity index (χ1) is 9.60. The lowest BCUT2D eigenvalue weighted by atomic mass is 10.2. The fraction of sp³-hybridized carbons (Fsp3) is 0.250. The number of nitrogens with one attached hydrogen (secondary N) is 1. The number of nitrogen functional groups attached to an aromatic ring is 1. The molecule has 0 heterocycles. The van der Waals surface area contributed by atoms with Crippen molar-refractivity contribution in [2.24, 2.45) is 0 Å². The van der Waals surface area contributed by atoms with E-state index < -0.39 is 0 Å². The summed E-state index contributed by atoms with van der Waals surface area (Å²) in [7, 11) is 0. The van der Waals surface area contributed by atoms with Crippen LogP contribution in [0.25, 0.3) is 0 Å². The molecule has 2 rings (SSSR count). The number of anilines is 3. The lowest BCUT2D eigenvalue weighted by Crippen LogP contribution is -2.08. The van der Waals surface area contributed by atoms with E-state index in [-0.39, 0.29) is 6.10 Å². The molecule has 3 nitrogen and oxygen atoms in total. The van der Waals surface area contributed by atoms with Crippen molar-refractivity contribution in [1.29, 1.82) is 0 Å². The summed E-state index contributed by atoms with van der Waals surface area (Å²) in [5, 5.41) is 3.32. The number of hydrogen-bond donors (Lipinski definition) is 2. The van der Waals surface area contributed by atoms with Crippen molar-refractivity contribution in [2.45, 2.75) is 24.8 Å². The van der Waals surface area contributed by atoms with E-state index in [1.54, 1.807) is 11.8 Å². The topological polar surface area (TPSA) is 47.3 Å². The highest BCUT2D eigenvalue weighted by atomic mass is 32.2. The van der Waals surface area contributed by atoms with Gasteiger partial charge in [0.05, 0.1) is 17.5 Å². The van der Waals surface area contributed by atoms with Crippen LogP contribution >= 0.6 is 11.8 Å². The van der Waals surface area contributed by atoms with Crippen LogP contribution in [0.2, 0.25) is 0 Å². The van der Waals surface area contributed by atoms with Crippen molar-refractivity contribution < 1.29 is 4.74 Å². The Balaban J connectivity index is 2.20. The minimum Gasteiger partial charge on any atom is -0.489 e. The van der Waals surface area contributed by atoms with Gasteiger partial charge in [0.2, 0.25) is 0 Å². The smallest absolute Gasteiger partial charge is 0.144 e. The van der Waals surface area contributed by atoms with Gasteiger partial charge in [-0.15, -0.1) is 11.8 Å². The molecule has 3 N–H and O–H groups in total. The lowest BCUT2D eigenvalue weighted by Gasteiger charge is -2.16. The van der Waals surface area contributed by atoms with Crippen LogP contribution in [0.3, 0.4) is 0 Å². The zero-order valence-electron chi connectivity index (χ0n) is 12.0. The highest BCUT2D eigenvalue weighted by Gasteiger charge is 2.07. The number of hydrogen-bond acceptors (Lipinski definition) is 4. The molecule has 2 aromatic carbocycles. The third-order valence-electron chi connectivity index (χ3n) is 2.80. The maximum absolute atomic E-state index is 6.14. The minimum absolute atomic E-state index is 0.105. The van der Waals surface area contributed by atoms with Crippen LogP contribution in [0, 0.1) is 0 Å². The molecule has 0 saturated heterocycles. The number of para-hydroxylation sites is 1. The van der Waals surface area contributed by atoms with Crippen molar-refractivity contribution in [2.75, 3.05) is 17.3 Å². The predicted molar refractivity (Wildman–Crippen MR) is 88.1 cm³/mol. The number of ether oxygens (including phenoxy) is 1. The van der Waals surface area contributed by atoms with E-state index in [9.17, 15) is 0 Å². The maximum atomic E-state index is 6.14. The molecule has 0 radical (unpaired) electrons. The average molecular weight is 288 g/mol. The SMILES string of the molecule is CSc1ccc(Nc2cccc(OC(C)C)c2N)cc1. The van der Waals surface area contributed by atoms with Gasteiger partial charge in [-0.25, -0.2) is 0 Å². The largest absolute Gasteiger partial charge is 0.489 e. The third kappa shape index (κ3) is 3.61. The second kappa shape index (κ2) is 6.57. The second-order valence-electron chi connectivity index (χ2n) is 4.74. The molecule has 0 bridgehead atoms. The van der Waals surface area contributed by atoms with Crippen molar-refractivity contribution >= 4 is 28.8 Å².